The number of rotatable bonds is 9. The highest BCUT2D eigenvalue weighted by Crippen LogP contribution is 2.15. The van der Waals surface area contributed by atoms with Crippen molar-refractivity contribution in [3.8, 4) is 0 Å². The van der Waals surface area contributed by atoms with Gasteiger partial charge in [-0.15, -0.1) is 11.3 Å². The van der Waals surface area contributed by atoms with E-state index in [0.717, 1.165) is 16.1 Å². The van der Waals surface area contributed by atoms with Gasteiger partial charge in [0.05, 0.1) is 13.0 Å². The third-order valence-corrected chi connectivity index (χ3v) is 6.00. The van der Waals surface area contributed by atoms with Crippen LogP contribution in [-0.2, 0) is 36.1 Å². The molecule has 2 aromatic heterocycles. The molecule has 30 heavy (non-hydrogen) atoms. The first-order chi connectivity index (χ1) is 14.4. The van der Waals surface area contributed by atoms with E-state index < -0.39 is 0 Å². The zero-order chi connectivity index (χ0) is 21.5. The fourth-order valence-electron chi connectivity index (χ4n) is 3.36. The van der Waals surface area contributed by atoms with Gasteiger partial charge in [-0.05, 0) is 43.0 Å². The smallest absolute Gasteiger partial charge is 0.242 e. The molecule has 2 heterocycles. The molecule has 0 aliphatic heterocycles. The van der Waals surface area contributed by atoms with Gasteiger partial charge >= 0.3 is 0 Å². The van der Waals surface area contributed by atoms with Crippen molar-refractivity contribution >= 4 is 23.2 Å². The van der Waals surface area contributed by atoms with Crippen LogP contribution in [0.5, 0.6) is 0 Å². The van der Waals surface area contributed by atoms with E-state index in [4.69, 9.17) is 0 Å². The highest BCUT2D eigenvalue weighted by atomic mass is 32.1. The fraction of sp³-hybridized carbons (Fsp3) is 0.333. The lowest BCUT2D eigenvalue weighted by atomic mass is 10.2. The topological polar surface area (TPSA) is 45.6 Å². The Kier molecular flexibility index (Phi) is 7.46. The van der Waals surface area contributed by atoms with Gasteiger partial charge in [0.15, 0.2) is 0 Å². The van der Waals surface area contributed by atoms with Crippen molar-refractivity contribution in [3.05, 3.63) is 82.3 Å². The molecule has 0 aliphatic carbocycles. The van der Waals surface area contributed by atoms with Gasteiger partial charge in [-0.2, -0.15) is 0 Å². The molecule has 1 aromatic carbocycles. The monoisotopic (exact) mass is 423 g/mol. The molecule has 2 amide bonds. The molecule has 3 aromatic rings. The average molecular weight is 424 g/mol. The number of hydrogen-bond donors (Lipinski definition) is 0. The van der Waals surface area contributed by atoms with Gasteiger partial charge in [0.1, 0.15) is 6.54 Å². The Morgan fingerprint density at radius 2 is 1.73 bits per heavy atom. The largest absolute Gasteiger partial charge is 0.353 e. The first kappa shape index (κ1) is 21.8. The second-order valence-corrected chi connectivity index (χ2v) is 8.75. The summed E-state index contributed by atoms with van der Waals surface area (Å²) in [5.74, 6) is -0.0624. The van der Waals surface area contributed by atoms with Crippen molar-refractivity contribution < 1.29 is 9.59 Å². The predicted octanol–water partition coefficient (Wildman–Crippen LogP) is 4.10. The Hall–Kier alpha value is -2.86. The van der Waals surface area contributed by atoms with Crippen LogP contribution in [0.1, 0.15) is 30.0 Å². The lowest BCUT2D eigenvalue weighted by Crippen LogP contribution is -2.46. The van der Waals surface area contributed by atoms with Crippen LogP contribution < -0.4 is 0 Å². The Labute approximate surface area is 182 Å². The third-order valence-electron chi connectivity index (χ3n) is 5.13. The van der Waals surface area contributed by atoms with E-state index in [1.54, 1.807) is 16.2 Å². The molecule has 6 heteroatoms. The summed E-state index contributed by atoms with van der Waals surface area (Å²) in [6.45, 7) is 5.01. The van der Waals surface area contributed by atoms with Crippen LogP contribution in [0.15, 0.2) is 66.2 Å². The first-order valence-electron chi connectivity index (χ1n) is 10.2. The summed E-state index contributed by atoms with van der Waals surface area (Å²) in [6.07, 6.45) is 2.31. The highest BCUT2D eigenvalue weighted by molar-refractivity contribution is 7.10. The molecule has 0 fully saturated rings. The molecule has 0 saturated heterocycles. The highest BCUT2D eigenvalue weighted by Gasteiger charge is 2.24. The van der Waals surface area contributed by atoms with Crippen LogP contribution in [0.2, 0.25) is 0 Å². The Balaban J connectivity index is 1.75. The van der Waals surface area contributed by atoms with Crippen molar-refractivity contribution in [1.82, 2.24) is 14.4 Å². The second-order valence-electron chi connectivity index (χ2n) is 7.72. The lowest BCUT2D eigenvalue weighted by molar-refractivity contribution is -0.142. The minimum absolute atomic E-state index is 0.0145. The number of benzene rings is 1. The molecule has 0 bridgehead atoms. The van der Waals surface area contributed by atoms with Crippen LogP contribution in [0.4, 0.5) is 0 Å². The molecule has 0 radical (unpaired) electrons. The van der Waals surface area contributed by atoms with Crippen LogP contribution in [0.3, 0.4) is 0 Å². The molecule has 0 spiro atoms. The summed E-state index contributed by atoms with van der Waals surface area (Å²) in [5.41, 5.74) is 2.13. The first-order valence-corrected chi connectivity index (χ1v) is 11.1. The van der Waals surface area contributed by atoms with E-state index >= 15 is 0 Å². The third kappa shape index (κ3) is 5.83. The molecule has 0 saturated carbocycles. The number of aryl methyl sites for hydroxylation is 1. The van der Waals surface area contributed by atoms with E-state index in [1.165, 1.54) is 0 Å². The summed E-state index contributed by atoms with van der Waals surface area (Å²) in [7, 11) is 1.98. The minimum atomic E-state index is -0.0479. The average Bonchev–Trinajstić information content (AvgIpc) is 3.37. The quantitative estimate of drug-likeness (QED) is 0.520. The van der Waals surface area contributed by atoms with Crippen LogP contribution in [-0.4, -0.2) is 38.8 Å². The van der Waals surface area contributed by atoms with Crippen molar-refractivity contribution in [3.63, 3.8) is 0 Å². The summed E-state index contributed by atoms with van der Waals surface area (Å²) in [4.78, 5) is 30.8. The standard InChI is InChI=1S/C24H29N3O2S/c1-19(2)27(23(28)15-22-12-8-14-30-22)18-24(29)26(16-20-9-5-4-6-10-20)17-21-11-7-13-25(21)3/h4-14,19H,15-18H2,1-3H3. The van der Waals surface area contributed by atoms with Crippen LogP contribution >= 0.6 is 11.3 Å². The normalized spacial score (nSPS) is 10.9. The molecule has 5 nitrogen and oxygen atoms in total. The minimum Gasteiger partial charge on any atom is -0.353 e. The molecule has 158 valence electrons. The Bertz CT molecular complexity index is 948. The summed E-state index contributed by atoms with van der Waals surface area (Å²) < 4.78 is 2.02. The van der Waals surface area contributed by atoms with E-state index in [2.05, 4.69) is 0 Å². The van der Waals surface area contributed by atoms with Crippen molar-refractivity contribution in [2.75, 3.05) is 6.54 Å². The second kappa shape index (κ2) is 10.3. The fourth-order valence-corrected chi connectivity index (χ4v) is 4.06. The van der Waals surface area contributed by atoms with Crippen molar-refractivity contribution in [2.45, 2.75) is 39.4 Å². The summed E-state index contributed by atoms with van der Waals surface area (Å²) >= 11 is 1.57. The van der Waals surface area contributed by atoms with Crippen molar-refractivity contribution in [2.24, 2.45) is 7.05 Å². The van der Waals surface area contributed by atoms with Gasteiger partial charge < -0.3 is 14.4 Å². The number of aromatic nitrogens is 1. The molecule has 0 N–H and O–H groups in total. The number of amides is 2. The number of carbonyl (C=O) groups is 2. The van der Waals surface area contributed by atoms with Crippen LogP contribution in [0, 0.1) is 0 Å². The van der Waals surface area contributed by atoms with E-state index in [1.807, 2.05) is 96.5 Å². The predicted molar refractivity (Wildman–Crippen MR) is 121 cm³/mol. The Morgan fingerprint density at radius 1 is 0.967 bits per heavy atom. The number of hydrogen-bond acceptors (Lipinski definition) is 3. The van der Waals surface area contributed by atoms with Crippen molar-refractivity contribution in [1.29, 1.82) is 0 Å². The maximum atomic E-state index is 13.3. The zero-order valence-electron chi connectivity index (χ0n) is 17.8. The summed E-state index contributed by atoms with van der Waals surface area (Å²) in [6, 6.07) is 17.8. The van der Waals surface area contributed by atoms with Gasteiger partial charge in [0, 0.05) is 36.4 Å². The van der Waals surface area contributed by atoms with Gasteiger partial charge in [0.25, 0.3) is 0 Å². The molecule has 0 aliphatic rings. The SMILES string of the molecule is CC(C)N(CC(=O)N(Cc1ccccc1)Cc1cccn1C)C(=O)Cc1cccs1. The number of nitrogens with zero attached hydrogens (tertiary/aromatic N) is 3. The molecular weight excluding hydrogens is 394 g/mol. The Morgan fingerprint density at radius 3 is 2.33 bits per heavy atom. The molecule has 0 unspecified atom stereocenters. The van der Waals surface area contributed by atoms with Gasteiger partial charge in [-0.1, -0.05) is 36.4 Å². The van der Waals surface area contributed by atoms with Crippen LogP contribution in [0.25, 0.3) is 0 Å². The zero-order valence-corrected chi connectivity index (χ0v) is 18.6. The molecular formula is C24H29N3O2S. The number of thiophene rings is 1. The van der Waals surface area contributed by atoms with Gasteiger partial charge in [-0.3, -0.25) is 9.59 Å². The molecule has 0 atom stereocenters. The van der Waals surface area contributed by atoms with E-state index in [9.17, 15) is 9.59 Å². The van der Waals surface area contributed by atoms with Gasteiger partial charge in [-0.25, -0.2) is 0 Å². The number of carbonyl (C=O) groups excluding carboxylic acids is 2. The van der Waals surface area contributed by atoms with E-state index in [-0.39, 0.29) is 24.4 Å². The van der Waals surface area contributed by atoms with E-state index in [0.29, 0.717) is 19.5 Å². The lowest BCUT2D eigenvalue weighted by Gasteiger charge is -2.30. The maximum absolute atomic E-state index is 13.3. The van der Waals surface area contributed by atoms with Gasteiger partial charge in [0.2, 0.25) is 11.8 Å². The maximum Gasteiger partial charge on any atom is 0.242 e. The molecule has 3 rings (SSSR count). The summed E-state index contributed by atoms with van der Waals surface area (Å²) in [5, 5.41) is 1.97.